The molecule has 0 aromatic carbocycles. The topological polar surface area (TPSA) is 42.0 Å². The highest BCUT2D eigenvalue weighted by Gasteiger charge is 2.39. The van der Waals surface area contributed by atoms with E-state index in [-0.39, 0.29) is 15.9 Å². The summed E-state index contributed by atoms with van der Waals surface area (Å²) in [5, 5.41) is 2.84. The fourth-order valence-corrected chi connectivity index (χ4v) is 2.42. The lowest BCUT2D eigenvalue weighted by molar-refractivity contribution is -0.141. The number of thiazole rings is 1. The number of halogens is 3. The summed E-state index contributed by atoms with van der Waals surface area (Å²) in [5.41, 5.74) is -1.07. The van der Waals surface area contributed by atoms with Crippen LogP contribution in [-0.4, -0.2) is 16.9 Å². The predicted molar refractivity (Wildman–Crippen MR) is 57.0 cm³/mol. The summed E-state index contributed by atoms with van der Waals surface area (Å²) in [6, 6.07) is 0.0194. The van der Waals surface area contributed by atoms with E-state index < -0.39 is 17.8 Å². The molecule has 2 rings (SSSR count). The van der Waals surface area contributed by atoms with Gasteiger partial charge in [-0.1, -0.05) is 0 Å². The Labute approximate surface area is 100 Å². The average Bonchev–Trinajstić information content (AvgIpc) is 2.53. The van der Waals surface area contributed by atoms with E-state index in [1.165, 1.54) is 6.92 Å². The Bertz CT molecular complexity index is 437. The van der Waals surface area contributed by atoms with Crippen molar-refractivity contribution < 1.29 is 18.0 Å². The highest BCUT2D eigenvalue weighted by molar-refractivity contribution is 7.13. The lowest BCUT2D eigenvalue weighted by Gasteiger charge is -2.26. The first-order chi connectivity index (χ1) is 7.88. The molecule has 7 heteroatoms. The number of carbonyl (C=O) groups is 1. The molecule has 0 unspecified atom stereocenters. The van der Waals surface area contributed by atoms with Crippen LogP contribution in [0.4, 0.5) is 13.2 Å². The van der Waals surface area contributed by atoms with Crippen molar-refractivity contribution in [3.8, 4) is 0 Å². The number of carbonyl (C=O) groups excluding carboxylic acids is 1. The highest BCUT2D eigenvalue weighted by Crippen LogP contribution is 2.34. The van der Waals surface area contributed by atoms with E-state index in [1.807, 2.05) is 0 Å². The number of amides is 1. The summed E-state index contributed by atoms with van der Waals surface area (Å²) >= 11 is 0.783. The molecule has 1 fully saturated rings. The Hall–Kier alpha value is -1.11. The van der Waals surface area contributed by atoms with Crippen molar-refractivity contribution in [3.05, 3.63) is 15.6 Å². The second kappa shape index (κ2) is 4.29. The largest absolute Gasteiger partial charge is 0.435 e. The molecule has 0 bridgehead atoms. The van der Waals surface area contributed by atoms with Crippen LogP contribution in [-0.2, 0) is 6.18 Å². The molecule has 3 nitrogen and oxygen atoms in total. The molecular weight excluding hydrogens is 253 g/mol. The maximum atomic E-state index is 12.6. The highest BCUT2D eigenvalue weighted by atomic mass is 32.1. The van der Waals surface area contributed by atoms with Gasteiger partial charge in [0.2, 0.25) is 0 Å². The summed E-state index contributed by atoms with van der Waals surface area (Å²) in [5.74, 6) is -0.660. The third-order valence-electron chi connectivity index (χ3n) is 2.65. The smallest absolute Gasteiger partial charge is 0.349 e. The normalized spacial score (nSPS) is 16.7. The number of hydrogen-bond acceptors (Lipinski definition) is 3. The van der Waals surface area contributed by atoms with Gasteiger partial charge in [-0.3, -0.25) is 4.79 Å². The molecule has 0 spiro atoms. The number of hydrogen-bond donors (Lipinski definition) is 1. The van der Waals surface area contributed by atoms with Crippen molar-refractivity contribution in [1.29, 1.82) is 0 Å². The van der Waals surface area contributed by atoms with Crippen LogP contribution in [0.15, 0.2) is 0 Å². The number of aromatic nitrogens is 1. The molecule has 1 aliphatic rings. The summed E-state index contributed by atoms with van der Waals surface area (Å²) in [4.78, 5) is 14.7. The predicted octanol–water partition coefficient (Wildman–Crippen LogP) is 2.75. The first kappa shape index (κ1) is 12.3. The molecule has 0 aliphatic heterocycles. The van der Waals surface area contributed by atoms with Gasteiger partial charge in [-0.15, -0.1) is 11.3 Å². The molecule has 1 aromatic rings. The summed E-state index contributed by atoms with van der Waals surface area (Å²) < 4.78 is 37.9. The van der Waals surface area contributed by atoms with Gasteiger partial charge >= 0.3 is 6.18 Å². The zero-order chi connectivity index (χ0) is 12.6. The SMILES string of the molecule is Cc1nc(C(F)(F)F)c(C(=O)NC2CCC2)s1. The second-order valence-corrected chi connectivity index (χ2v) is 5.21. The van der Waals surface area contributed by atoms with Crippen LogP contribution in [0.1, 0.15) is 39.6 Å². The van der Waals surface area contributed by atoms with Crippen molar-refractivity contribution in [1.82, 2.24) is 10.3 Å². The molecule has 17 heavy (non-hydrogen) atoms. The van der Waals surface area contributed by atoms with E-state index in [1.54, 1.807) is 0 Å². The molecule has 1 aliphatic carbocycles. The molecule has 0 radical (unpaired) electrons. The Morgan fingerprint density at radius 2 is 2.12 bits per heavy atom. The molecular formula is C10H11F3N2OS. The summed E-state index contributed by atoms with van der Waals surface area (Å²) in [6.07, 6.45) is -1.88. The number of nitrogens with zero attached hydrogens (tertiary/aromatic N) is 1. The van der Waals surface area contributed by atoms with Gasteiger partial charge in [-0.25, -0.2) is 4.98 Å². The van der Waals surface area contributed by atoms with Gasteiger partial charge in [-0.05, 0) is 26.2 Å². The Balaban J connectivity index is 2.21. The Morgan fingerprint density at radius 1 is 1.47 bits per heavy atom. The third-order valence-corrected chi connectivity index (χ3v) is 3.62. The molecule has 1 aromatic heterocycles. The number of nitrogens with one attached hydrogen (secondary N) is 1. The minimum absolute atomic E-state index is 0.0194. The van der Waals surface area contributed by atoms with Gasteiger partial charge in [0.15, 0.2) is 5.69 Å². The zero-order valence-corrected chi connectivity index (χ0v) is 9.91. The van der Waals surface area contributed by atoms with Crippen molar-refractivity contribution in [2.45, 2.75) is 38.4 Å². The van der Waals surface area contributed by atoms with Gasteiger partial charge in [0.25, 0.3) is 5.91 Å². The first-order valence-electron chi connectivity index (χ1n) is 5.23. The monoisotopic (exact) mass is 264 g/mol. The van der Waals surface area contributed by atoms with Gasteiger partial charge in [0, 0.05) is 6.04 Å². The Kier molecular flexibility index (Phi) is 3.11. The fraction of sp³-hybridized carbons (Fsp3) is 0.600. The van der Waals surface area contributed by atoms with Crippen LogP contribution in [0, 0.1) is 6.92 Å². The van der Waals surface area contributed by atoms with Crippen LogP contribution in [0.25, 0.3) is 0 Å². The van der Waals surface area contributed by atoms with Crippen LogP contribution < -0.4 is 5.32 Å². The standard InChI is InChI=1S/C10H11F3N2OS/c1-5-14-8(10(11,12)13)7(17-5)9(16)15-6-3-2-4-6/h6H,2-4H2,1H3,(H,15,16). The molecule has 0 atom stereocenters. The zero-order valence-electron chi connectivity index (χ0n) is 9.10. The average molecular weight is 264 g/mol. The number of rotatable bonds is 2. The quantitative estimate of drug-likeness (QED) is 0.892. The maximum Gasteiger partial charge on any atom is 0.435 e. The van der Waals surface area contributed by atoms with Crippen LogP contribution in [0.2, 0.25) is 0 Å². The fourth-order valence-electron chi connectivity index (χ4n) is 1.58. The van der Waals surface area contributed by atoms with E-state index in [2.05, 4.69) is 10.3 Å². The number of alkyl halides is 3. The van der Waals surface area contributed by atoms with Crippen LogP contribution >= 0.6 is 11.3 Å². The van der Waals surface area contributed by atoms with E-state index in [0.717, 1.165) is 30.6 Å². The van der Waals surface area contributed by atoms with Crippen molar-refractivity contribution in [3.63, 3.8) is 0 Å². The second-order valence-electron chi connectivity index (χ2n) is 4.01. The molecule has 1 saturated carbocycles. The Morgan fingerprint density at radius 3 is 2.59 bits per heavy atom. The first-order valence-corrected chi connectivity index (χ1v) is 6.05. The lowest BCUT2D eigenvalue weighted by atomic mass is 9.93. The van der Waals surface area contributed by atoms with E-state index >= 15 is 0 Å². The third kappa shape index (κ3) is 2.59. The molecule has 94 valence electrons. The minimum Gasteiger partial charge on any atom is -0.349 e. The van der Waals surface area contributed by atoms with E-state index in [4.69, 9.17) is 0 Å². The number of aryl methyl sites for hydroxylation is 1. The maximum absolute atomic E-state index is 12.6. The van der Waals surface area contributed by atoms with Crippen molar-refractivity contribution in [2.75, 3.05) is 0 Å². The van der Waals surface area contributed by atoms with E-state index in [9.17, 15) is 18.0 Å². The lowest BCUT2D eigenvalue weighted by Crippen LogP contribution is -2.39. The molecule has 1 amide bonds. The van der Waals surface area contributed by atoms with Crippen molar-refractivity contribution in [2.24, 2.45) is 0 Å². The molecule has 0 saturated heterocycles. The van der Waals surface area contributed by atoms with Gasteiger partial charge < -0.3 is 5.32 Å². The van der Waals surface area contributed by atoms with Gasteiger partial charge in [0.05, 0.1) is 5.01 Å². The summed E-state index contributed by atoms with van der Waals surface area (Å²) in [6.45, 7) is 1.46. The van der Waals surface area contributed by atoms with Gasteiger partial charge in [0.1, 0.15) is 4.88 Å². The van der Waals surface area contributed by atoms with Crippen molar-refractivity contribution >= 4 is 17.2 Å². The minimum atomic E-state index is -4.57. The molecule has 1 heterocycles. The van der Waals surface area contributed by atoms with E-state index in [0.29, 0.717) is 0 Å². The summed E-state index contributed by atoms with van der Waals surface area (Å²) in [7, 11) is 0. The molecule has 1 N–H and O–H groups in total. The van der Waals surface area contributed by atoms with Gasteiger partial charge in [-0.2, -0.15) is 13.2 Å². The van der Waals surface area contributed by atoms with Crippen LogP contribution in [0.5, 0.6) is 0 Å². The van der Waals surface area contributed by atoms with Crippen LogP contribution in [0.3, 0.4) is 0 Å².